The molecule has 0 aromatic heterocycles. The van der Waals surface area contributed by atoms with Crippen molar-refractivity contribution in [3.05, 3.63) is 60.2 Å². The molecule has 0 amide bonds. The fourth-order valence-electron chi connectivity index (χ4n) is 2.12. The Morgan fingerprint density at radius 1 is 1.05 bits per heavy atom. The van der Waals surface area contributed by atoms with Crippen LogP contribution in [0.3, 0.4) is 0 Å². The molecule has 0 saturated carbocycles. The van der Waals surface area contributed by atoms with Gasteiger partial charge in [-0.25, -0.2) is 0 Å². The Morgan fingerprint density at radius 3 is 2.21 bits per heavy atom. The minimum Gasteiger partial charge on any atom is -0.497 e. The van der Waals surface area contributed by atoms with Crippen molar-refractivity contribution in [2.45, 2.75) is 6.04 Å². The molecular weight excluding hydrogens is 238 g/mol. The molecule has 2 aromatic rings. The van der Waals surface area contributed by atoms with Gasteiger partial charge in [-0.1, -0.05) is 30.3 Å². The predicted octanol–water partition coefficient (Wildman–Crippen LogP) is 2.87. The van der Waals surface area contributed by atoms with Crippen molar-refractivity contribution in [2.24, 2.45) is 0 Å². The first-order chi connectivity index (χ1) is 9.26. The number of ether oxygens (including phenoxy) is 1. The van der Waals surface area contributed by atoms with E-state index in [0.717, 1.165) is 17.0 Å². The number of rotatable bonds is 5. The molecule has 0 fully saturated rings. The van der Waals surface area contributed by atoms with E-state index in [9.17, 15) is 5.11 Å². The minimum absolute atomic E-state index is 0.0467. The average molecular weight is 257 g/mol. The Hall–Kier alpha value is -2.00. The summed E-state index contributed by atoms with van der Waals surface area (Å²) < 4.78 is 5.15. The maximum Gasteiger partial charge on any atom is 0.119 e. The molecule has 0 aliphatic rings. The smallest absolute Gasteiger partial charge is 0.119 e. The van der Waals surface area contributed by atoms with Crippen LogP contribution in [0, 0.1) is 0 Å². The van der Waals surface area contributed by atoms with E-state index in [0.29, 0.717) is 0 Å². The highest BCUT2D eigenvalue weighted by Gasteiger charge is 2.16. The summed E-state index contributed by atoms with van der Waals surface area (Å²) in [7, 11) is 3.63. The third-order valence-electron chi connectivity index (χ3n) is 3.30. The average Bonchev–Trinajstić information content (AvgIpc) is 2.49. The number of methoxy groups -OCH3 is 1. The van der Waals surface area contributed by atoms with E-state index in [1.807, 2.05) is 61.6 Å². The molecule has 0 radical (unpaired) electrons. The van der Waals surface area contributed by atoms with E-state index < -0.39 is 0 Å². The van der Waals surface area contributed by atoms with Crippen LogP contribution in [-0.2, 0) is 0 Å². The van der Waals surface area contributed by atoms with Crippen molar-refractivity contribution in [3.8, 4) is 5.75 Å². The molecule has 19 heavy (non-hydrogen) atoms. The van der Waals surface area contributed by atoms with Gasteiger partial charge in [0, 0.05) is 12.7 Å². The third kappa shape index (κ3) is 3.06. The van der Waals surface area contributed by atoms with E-state index in [-0.39, 0.29) is 12.6 Å². The van der Waals surface area contributed by atoms with Gasteiger partial charge in [0.15, 0.2) is 0 Å². The van der Waals surface area contributed by atoms with Gasteiger partial charge in [0.2, 0.25) is 0 Å². The van der Waals surface area contributed by atoms with Crippen LogP contribution in [0.2, 0.25) is 0 Å². The lowest BCUT2D eigenvalue weighted by molar-refractivity contribution is 0.264. The molecule has 0 aliphatic carbocycles. The number of aliphatic hydroxyl groups is 1. The summed E-state index contributed by atoms with van der Waals surface area (Å²) in [5, 5.41) is 9.65. The standard InChI is InChI=1S/C16H19NO2/c1-17(14-8-10-15(19-2)11-9-14)16(12-18)13-6-4-3-5-7-13/h3-11,16,18H,12H2,1-2H3. The van der Waals surface area contributed by atoms with Crippen LogP contribution in [-0.4, -0.2) is 25.9 Å². The van der Waals surface area contributed by atoms with Gasteiger partial charge >= 0.3 is 0 Å². The van der Waals surface area contributed by atoms with Gasteiger partial charge < -0.3 is 14.7 Å². The highest BCUT2D eigenvalue weighted by molar-refractivity contribution is 5.50. The van der Waals surface area contributed by atoms with Crippen molar-refractivity contribution in [1.29, 1.82) is 0 Å². The maximum absolute atomic E-state index is 9.65. The van der Waals surface area contributed by atoms with E-state index >= 15 is 0 Å². The van der Waals surface area contributed by atoms with Crippen molar-refractivity contribution >= 4 is 5.69 Å². The maximum atomic E-state index is 9.65. The monoisotopic (exact) mass is 257 g/mol. The van der Waals surface area contributed by atoms with Crippen molar-refractivity contribution in [3.63, 3.8) is 0 Å². The van der Waals surface area contributed by atoms with E-state index in [1.54, 1.807) is 7.11 Å². The molecule has 0 aliphatic heterocycles. The quantitative estimate of drug-likeness (QED) is 0.894. The first-order valence-electron chi connectivity index (χ1n) is 6.29. The molecule has 3 nitrogen and oxygen atoms in total. The summed E-state index contributed by atoms with van der Waals surface area (Å²) in [6.45, 7) is 0.0759. The highest BCUT2D eigenvalue weighted by atomic mass is 16.5. The second-order valence-electron chi connectivity index (χ2n) is 4.42. The summed E-state index contributed by atoms with van der Waals surface area (Å²) in [6.07, 6.45) is 0. The molecule has 1 atom stereocenters. The predicted molar refractivity (Wildman–Crippen MR) is 77.7 cm³/mol. The molecule has 2 aromatic carbocycles. The number of hydrogen-bond acceptors (Lipinski definition) is 3. The molecule has 1 unspecified atom stereocenters. The van der Waals surface area contributed by atoms with Gasteiger partial charge in [0.25, 0.3) is 0 Å². The van der Waals surface area contributed by atoms with Crippen LogP contribution < -0.4 is 9.64 Å². The van der Waals surface area contributed by atoms with Crippen molar-refractivity contribution in [2.75, 3.05) is 25.7 Å². The van der Waals surface area contributed by atoms with E-state index in [2.05, 4.69) is 4.90 Å². The summed E-state index contributed by atoms with van der Waals surface area (Å²) in [4.78, 5) is 2.06. The van der Waals surface area contributed by atoms with E-state index in [1.165, 1.54) is 0 Å². The zero-order valence-corrected chi connectivity index (χ0v) is 11.3. The van der Waals surface area contributed by atoms with Gasteiger partial charge in [0.1, 0.15) is 5.75 Å². The Kier molecular flexibility index (Phi) is 4.42. The van der Waals surface area contributed by atoms with Crippen LogP contribution in [0.25, 0.3) is 0 Å². The zero-order chi connectivity index (χ0) is 13.7. The number of nitrogens with zero attached hydrogens (tertiary/aromatic N) is 1. The van der Waals surface area contributed by atoms with Crippen LogP contribution >= 0.6 is 0 Å². The molecule has 2 rings (SSSR count). The molecule has 3 heteroatoms. The Bertz CT molecular complexity index is 496. The lowest BCUT2D eigenvalue weighted by Crippen LogP contribution is -2.26. The first-order valence-corrected chi connectivity index (χ1v) is 6.29. The SMILES string of the molecule is COc1ccc(N(C)C(CO)c2ccccc2)cc1. The second kappa shape index (κ2) is 6.25. The number of likely N-dealkylation sites (N-methyl/N-ethyl adjacent to an activating group) is 1. The molecule has 100 valence electrons. The van der Waals surface area contributed by atoms with Crippen LogP contribution in [0.4, 0.5) is 5.69 Å². The number of anilines is 1. The summed E-state index contributed by atoms with van der Waals surface area (Å²) in [5.41, 5.74) is 2.15. The second-order valence-corrected chi connectivity index (χ2v) is 4.42. The fourth-order valence-corrected chi connectivity index (χ4v) is 2.12. The number of hydrogen-bond donors (Lipinski definition) is 1. The van der Waals surface area contributed by atoms with Gasteiger partial charge in [-0.3, -0.25) is 0 Å². The molecular formula is C16H19NO2. The summed E-state index contributed by atoms with van der Waals surface area (Å²) in [5.74, 6) is 0.831. The van der Waals surface area contributed by atoms with Gasteiger partial charge in [-0.05, 0) is 29.8 Å². The van der Waals surface area contributed by atoms with E-state index in [4.69, 9.17) is 4.74 Å². The van der Waals surface area contributed by atoms with Crippen molar-refractivity contribution < 1.29 is 9.84 Å². The Labute approximate surface area is 114 Å². The summed E-state index contributed by atoms with van der Waals surface area (Å²) >= 11 is 0. The summed E-state index contributed by atoms with van der Waals surface area (Å²) in [6, 6.07) is 17.8. The minimum atomic E-state index is -0.0467. The third-order valence-corrected chi connectivity index (χ3v) is 3.30. The largest absolute Gasteiger partial charge is 0.497 e. The lowest BCUT2D eigenvalue weighted by Gasteiger charge is -2.29. The molecule has 0 spiro atoms. The van der Waals surface area contributed by atoms with Gasteiger partial charge in [0.05, 0.1) is 19.8 Å². The fraction of sp³-hybridized carbons (Fsp3) is 0.250. The lowest BCUT2D eigenvalue weighted by atomic mass is 10.1. The molecule has 0 saturated heterocycles. The molecule has 0 heterocycles. The van der Waals surface area contributed by atoms with Gasteiger partial charge in [-0.15, -0.1) is 0 Å². The Balaban J connectivity index is 2.22. The highest BCUT2D eigenvalue weighted by Crippen LogP contribution is 2.26. The number of benzene rings is 2. The van der Waals surface area contributed by atoms with Crippen LogP contribution in [0.1, 0.15) is 11.6 Å². The van der Waals surface area contributed by atoms with Crippen LogP contribution in [0.5, 0.6) is 5.75 Å². The zero-order valence-electron chi connectivity index (χ0n) is 11.3. The molecule has 1 N–H and O–H groups in total. The first kappa shape index (κ1) is 13.4. The normalized spacial score (nSPS) is 11.9. The van der Waals surface area contributed by atoms with Crippen molar-refractivity contribution in [1.82, 2.24) is 0 Å². The topological polar surface area (TPSA) is 32.7 Å². The van der Waals surface area contributed by atoms with Crippen LogP contribution in [0.15, 0.2) is 54.6 Å². The Morgan fingerprint density at radius 2 is 1.68 bits per heavy atom. The number of aliphatic hydroxyl groups excluding tert-OH is 1. The molecule has 0 bridgehead atoms. The van der Waals surface area contributed by atoms with Gasteiger partial charge in [-0.2, -0.15) is 0 Å².